The number of carbonyl (C=O) groups excluding carboxylic acids is 2. The van der Waals surface area contributed by atoms with Crippen molar-refractivity contribution in [3.05, 3.63) is 94.5 Å². The Morgan fingerprint density at radius 1 is 1.07 bits per heavy atom. The monoisotopic (exact) mass is 415 g/mol. The molecule has 0 amide bonds. The van der Waals surface area contributed by atoms with Crippen LogP contribution in [0.15, 0.2) is 77.7 Å². The van der Waals surface area contributed by atoms with Gasteiger partial charge >= 0.3 is 0 Å². The first kappa shape index (κ1) is 19.5. The van der Waals surface area contributed by atoms with Crippen molar-refractivity contribution in [2.24, 2.45) is 0 Å². The molecule has 1 aromatic carbocycles. The zero-order valence-corrected chi connectivity index (χ0v) is 16.9. The number of carbonyl (C=O) groups is 2. The van der Waals surface area contributed by atoms with E-state index in [0.29, 0.717) is 16.8 Å². The second-order valence-electron chi connectivity index (χ2n) is 6.60. The summed E-state index contributed by atoms with van der Waals surface area (Å²) in [6, 6.07) is 10.8. The van der Waals surface area contributed by atoms with Gasteiger partial charge in [-0.05, 0) is 19.1 Å². The predicted octanol–water partition coefficient (Wildman–Crippen LogP) is 5.28. The van der Waals surface area contributed by atoms with Gasteiger partial charge in [-0.1, -0.05) is 43.0 Å². The van der Waals surface area contributed by atoms with Gasteiger partial charge in [0.25, 0.3) is 0 Å². The third-order valence-electron chi connectivity index (χ3n) is 4.98. The van der Waals surface area contributed by atoms with Crippen LogP contribution < -0.4 is 0 Å². The number of aliphatic hydroxyl groups excluding tert-OH is 2. The molecule has 1 aliphatic carbocycles. The van der Waals surface area contributed by atoms with Gasteiger partial charge in [0.05, 0.1) is 16.8 Å². The highest BCUT2D eigenvalue weighted by Crippen LogP contribution is 2.39. The minimum Gasteiger partial charge on any atom is -0.504 e. The van der Waals surface area contributed by atoms with Crippen LogP contribution in [0.25, 0.3) is 27.3 Å². The molecule has 0 atom stereocenters. The number of Topliss-reactive ketones (excluding diaryl/α,β-unsaturated/α-hetero) is 2. The van der Waals surface area contributed by atoms with Gasteiger partial charge in [-0.25, -0.2) is 0 Å². The number of nitrogens with zero attached hydrogens (tertiary/aromatic N) is 1. The minimum atomic E-state index is -0.828. The van der Waals surface area contributed by atoms with Crippen molar-refractivity contribution < 1.29 is 19.8 Å². The van der Waals surface area contributed by atoms with Crippen molar-refractivity contribution in [1.29, 1.82) is 0 Å². The van der Waals surface area contributed by atoms with E-state index >= 15 is 0 Å². The molecule has 148 valence electrons. The minimum absolute atomic E-state index is 0.195. The Bertz CT molecular complexity index is 1320. The second kappa shape index (κ2) is 7.57. The van der Waals surface area contributed by atoms with Crippen molar-refractivity contribution in [3.63, 3.8) is 0 Å². The third kappa shape index (κ3) is 2.89. The van der Waals surface area contributed by atoms with Crippen LogP contribution in [-0.4, -0.2) is 26.8 Å². The summed E-state index contributed by atoms with van der Waals surface area (Å²) in [6.45, 7) is 5.41. The van der Waals surface area contributed by atoms with E-state index < -0.39 is 23.1 Å². The summed E-state index contributed by atoms with van der Waals surface area (Å²) < 4.78 is 0.903. The fourth-order valence-corrected chi connectivity index (χ4v) is 4.51. The lowest BCUT2D eigenvalue weighted by atomic mass is 9.84. The van der Waals surface area contributed by atoms with Gasteiger partial charge in [0.15, 0.2) is 11.5 Å². The van der Waals surface area contributed by atoms with Crippen molar-refractivity contribution in [2.75, 3.05) is 0 Å². The van der Waals surface area contributed by atoms with E-state index in [2.05, 4.69) is 11.6 Å². The van der Waals surface area contributed by atoms with E-state index in [1.165, 1.54) is 17.5 Å². The van der Waals surface area contributed by atoms with Gasteiger partial charge in [0, 0.05) is 38.4 Å². The Morgan fingerprint density at radius 3 is 2.57 bits per heavy atom. The van der Waals surface area contributed by atoms with Crippen LogP contribution in [-0.2, 0) is 9.59 Å². The summed E-state index contributed by atoms with van der Waals surface area (Å²) in [4.78, 5) is 30.5. The van der Waals surface area contributed by atoms with E-state index in [-0.39, 0.29) is 16.7 Å². The Morgan fingerprint density at radius 2 is 1.83 bits per heavy atom. The average Bonchev–Trinajstić information content (AvgIpc) is 3.19. The lowest BCUT2D eigenvalue weighted by molar-refractivity contribution is -0.118. The zero-order valence-electron chi connectivity index (χ0n) is 16.0. The van der Waals surface area contributed by atoms with E-state index in [0.717, 1.165) is 10.1 Å². The van der Waals surface area contributed by atoms with Crippen LogP contribution in [0.4, 0.5) is 0 Å². The van der Waals surface area contributed by atoms with Gasteiger partial charge in [-0.15, -0.1) is 11.3 Å². The first-order valence-corrected chi connectivity index (χ1v) is 10.0. The Hall–Kier alpha value is -3.77. The SMILES string of the molecule is C=Cc1cccnc1/C(=C\C)C1=C(O)C(=O)C(c2csc3ccccc23)=C(O)C1=O. The van der Waals surface area contributed by atoms with E-state index in [9.17, 15) is 19.8 Å². The first-order chi connectivity index (χ1) is 14.5. The average molecular weight is 415 g/mol. The molecule has 0 aliphatic heterocycles. The molecule has 6 heteroatoms. The van der Waals surface area contributed by atoms with Gasteiger partial charge in [-0.2, -0.15) is 0 Å². The molecule has 2 aromatic heterocycles. The summed E-state index contributed by atoms with van der Waals surface area (Å²) in [6.07, 6.45) is 4.68. The van der Waals surface area contributed by atoms with Gasteiger partial charge in [0.2, 0.25) is 11.6 Å². The summed E-state index contributed by atoms with van der Waals surface area (Å²) in [7, 11) is 0. The number of hydrogen-bond acceptors (Lipinski definition) is 6. The number of rotatable bonds is 4. The van der Waals surface area contributed by atoms with E-state index in [4.69, 9.17) is 0 Å². The number of fused-ring (bicyclic) bond motifs is 1. The van der Waals surface area contributed by atoms with Crippen LogP contribution >= 0.6 is 11.3 Å². The van der Waals surface area contributed by atoms with Gasteiger partial charge < -0.3 is 10.2 Å². The topological polar surface area (TPSA) is 87.5 Å². The molecule has 0 saturated heterocycles. The normalized spacial score (nSPS) is 15.3. The predicted molar refractivity (Wildman–Crippen MR) is 119 cm³/mol. The molecule has 3 aromatic rings. The van der Waals surface area contributed by atoms with Crippen molar-refractivity contribution in [3.8, 4) is 0 Å². The number of hydrogen-bond donors (Lipinski definition) is 2. The third-order valence-corrected chi connectivity index (χ3v) is 5.94. The molecular weight excluding hydrogens is 398 g/mol. The molecule has 4 rings (SSSR count). The number of aliphatic hydroxyl groups is 2. The zero-order chi connectivity index (χ0) is 21.4. The summed E-state index contributed by atoms with van der Waals surface area (Å²) >= 11 is 1.39. The van der Waals surface area contributed by atoms with Gasteiger partial charge in [-0.3, -0.25) is 14.6 Å². The molecule has 0 bridgehead atoms. The fraction of sp³-hybridized carbons (Fsp3) is 0.0417. The summed E-state index contributed by atoms with van der Waals surface area (Å²) in [5.41, 5.74) is 1.22. The van der Waals surface area contributed by atoms with Crippen LogP contribution in [0.5, 0.6) is 0 Å². The van der Waals surface area contributed by atoms with Crippen LogP contribution in [0.3, 0.4) is 0 Å². The molecule has 2 N–H and O–H groups in total. The number of ketones is 2. The number of pyridine rings is 1. The molecule has 0 spiro atoms. The smallest absolute Gasteiger partial charge is 0.232 e. The molecule has 0 radical (unpaired) electrons. The molecule has 5 nitrogen and oxygen atoms in total. The number of aromatic nitrogens is 1. The van der Waals surface area contributed by atoms with Gasteiger partial charge in [0.1, 0.15) is 0 Å². The maximum absolute atomic E-state index is 13.1. The highest BCUT2D eigenvalue weighted by atomic mass is 32.1. The fourth-order valence-electron chi connectivity index (χ4n) is 3.56. The highest BCUT2D eigenvalue weighted by Gasteiger charge is 2.38. The lowest BCUT2D eigenvalue weighted by Gasteiger charge is -2.20. The molecule has 2 heterocycles. The summed E-state index contributed by atoms with van der Waals surface area (Å²) in [5.74, 6) is -3.03. The van der Waals surface area contributed by atoms with E-state index in [1.807, 2.05) is 18.2 Å². The van der Waals surface area contributed by atoms with Crippen LogP contribution in [0, 0.1) is 0 Å². The number of thiophene rings is 1. The number of benzene rings is 1. The standard InChI is InChI=1S/C24H17NO4S/c1-3-13-8-7-11-25-20(13)14(4-2)18-21(26)23(28)19(24(29)22(18)27)16-12-30-17-10-6-5-9-15(16)17/h3-12,26,29H,1H2,2H3/b14-4-. The van der Waals surface area contributed by atoms with E-state index in [1.54, 1.807) is 42.7 Å². The molecule has 0 saturated carbocycles. The lowest BCUT2D eigenvalue weighted by Crippen LogP contribution is -2.24. The Labute approximate surface area is 176 Å². The van der Waals surface area contributed by atoms with Crippen molar-refractivity contribution >= 4 is 50.2 Å². The molecule has 0 unspecified atom stereocenters. The quantitative estimate of drug-likeness (QED) is 0.567. The maximum atomic E-state index is 13.1. The van der Waals surface area contributed by atoms with Crippen LogP contribution in [0.1, 0.15) is 23.7 Å². The Kier molecular flexibility index (Phi) is 4.93. The molecule has 1 aliphatic rings. The molecule has 0 fully saturated rings. The number of allylic oxidation sites excluding steroid dienone is 4. The highest BCUT2D eigenvalue weighted by molar-refractivity contribution is 7.17. The van der Waals surface area contributed by atoms with Crippen LogP contribution in [0.2, 0.25) is 0 Å². The first-order valence-electron chi connectivity index (χ1n) is 9.16. The second-order valence-corrected chi connectivity index (χ2v) is 7.51. The molecular formula is C24H17NO4S. The largest absolute Gasteiger partial charge is 0.504 e. The summed E-state index contributed by atoms with van der Waals surface area (Å²) in [5, 5.41) is 23.9. The maximum Gasteiger partial charge on any atom is 0.232 e. The molecule has 30 heavy (non-hydrogen) atoms. The van der Waals surface area contributed by atoms with Crippen molar-refractivity contribution in [2.45, 2.75) is 6.92 Å². The van der Waals surface area contributed by atoms with Crippen molar-refractivity contribution in [1.82, 2.24) is 4.98 Å². The Balaban J connectivity index is 1.89.